The average molecular weight is 483 g/mol. The molecule has 0 aliphatic carbocycles. The summed E-state index contributed by atoms with van der Waals surface area (Å²) in [7, 11) is 7.62. The van der Waals surface area contributed by atoms with Crippen LogP contribution in [0, 0.1) is 5.92 Å². The van der Waals surface area contributed by atoms with Crippen LogP contribution < -0.4 is 5.32 Å². The van der Waals surface area contributed by atoms with E-state index in [1.165, 1.54) is 19.3 Å². The number of hydrogen-bond donors (Lipinski definition) is 2. The van der Waals surface area contributed by atoms with Crippen molar-refractivity contribution in [3.8, 4) is 0 Å². The van der Waals surface area contributed by atoms with Gasteiger partial charge >= 0.3 is 102 Å². The minimum atomic E-state index is -0.273. The molecule has 166 valence electrons. The molecule has 1 N–H and O–H groups in total. The molecule has 0 aromatic heterocycles. The van der Waals surface area contributed by atoms with Gasteiger partial charge in [0.15, 0.2) is 0 Å². The third-order valence-corrected chi connectivity index (χ3v) is 5.85. The van der Waals surface area contributed by atoms with Crippen LogP contribution in [0.1, 0.15) is 65.2 Å². The van der Waals surface area contributed by atoms with Crippen molar-refractivity contribution < 1.29 is 14.4 Å². The van der Waals surface area contributed by atoms with Crippen LogP contribution in [0.4, 0.5) is 0 Å². The van der Waals surface area contributed by atoms with Crippen LogP contribution in [0.25, 0.3) is 0 Å². The second kappa shape index (κ2) is 19.7. The molecule has 0 saturated heterocycles. The molecule has 0 spiro atoms. The number of hydrogen-bond acceptors (Lipinski definition) is 5. The molecule has 6 nitrogen and oxygen atoms in total. The van der Waals surface area contributed by atoms with E-state index in [1.54, 1.807) is 4.90 Å². The van der Waals surface area contributed by atoms with Gasteiger partial charge in [-0.15, -0.1) is 0 Å². The normalized spacial score (nSPS) is 10.5. The topological polar surface area (TPSA) is 69.7 Å². The number of nitrogens with zero attached hydrogens (tertiary/aromatic N) is 2. The Kier molecular flexibility index (Phi) is 20.9. The van der Waals surface area contributed by atoms with Gasteiger partial charge in [0.05, 0.1) is 0 Å². The van der Waals surface area contributed by atoms with Crippen LogP contribution in [0.15, 0.2) is 0 Å². The number of carbonyl (C=O) groups excluding carboxylic acids is 3. The van der Waals surface area contributed by atoms with Crippen molar-refractivity contribution in [3.63, 3.8) is 0 Å². The van der Waals surface area contributed by atoms with Gasteiger partial charge < -0.3 is 4.90 Å². The average Bonchev–Trinajstić information content (AvgIpc) is 2.62. The molecule has 28 heavy (non-hydrogen) atoms. The molecule has 2 amide bonds. The summed E-state index contributed by atoms with van der Waals surface area (Å²) in [5.74, 6) is 1.01. The summed E-state index contributed by atoms with van der Waals surface area (Å²) in [6.07, 6.45) is 7.05. The van der Waals surface area contributed by atoms with Gasteiger partial charge in [-0.1, -0.05) is 33.1 Å². The van der Waals surface area contributed by atoms with Gasteiger partial charge in [0.2, 0.25) is 5.91 Å². The Hall–Kier alpha value is -0.561. The van der Waals surface area contributed by atoms with Gasteiger partial charge in [0.1, 0.15) is 0 Å². The Morgan fingerprint density at radius 1 is 0.929 bits per heavy atom. The van der Waals surface area contributed by atoms with Crippen LogP contribution in [0.3, 0.4) is 0 Å². The third kappa shape index (κ3) is 23.5. The molecule has 0 aromatic rings. The fourth-order valence-electron chi connectivity index (χ4n) is 2.20. The van der Waals surface area contributed by atoms with E-state index in [-0.39, 0.29) is 30.3 Å². The molecule has 0 heterocycles. The molecule has 0 bridgehead atoms. The van der Waals surface area contributed by atoms with E-state index in [1.807, 2.05) is 28.2 Å². The molecule has 0 radical (unpaired) electrons. The Balaban J connectivity index is 0. The van der Waals surface area contributed by atoms with E-state index in [2.05, 4.69) is 35.1 Å². The summed E-state index contributed by atoms with van der Waals surface area (Å²) < 4.78 is 0.0780. The second-order valence-electron chi connectivity index (χ2n) is 7.75. The maximum atomic E-state index is 11.2. The molecule has 0 rings (SSSR count). The van der Waals surface area contributed by atoms with Crippen molar-refractivity contribution in [2.45, 2.75) is 65.2 Å². The molecule has 8 heteroatoms. The van der Waals surface area contributed by atoms with Gasteiger partial charge in [-0.3, -0.25) is 4.79 Å². The maximum absolute atomic E-state index is 11.2. The molecule has 0 aliphatic heterocycles. The number of amides is 2. The molecule has 0 aliphatic rings. The fraction of sp³-hybridized carbons (Fsp3) is 0.850. The predicted molar refractivity (Wildman–Crippen MR) is 122 cm³/mol. The zero-order valence-corrected chi connectivity index (χ0v) is 21.2. The van der Waals surface area contributed by atoms with Gasteiger partial charge in [-0.25, -0.2) is 0 Å². The zero-order chi connectivity index (χ0) is 21.9. The van der Waals surface area contributed by atoms with E-state index in [0.29, 0.717) is 25.8 Å². The van der Waals surface area contributed by atoms with Crippen molar-refractivity contribution in [3.05, 3.63) is 0 Å². The van der Waals surface area contributed by atoms with Crippen LogP contribution in [0.2, 0.25) is 0 Å². The van der Waals surface area contributed by atoms with E-state index in [4.69, 9.17) is 0 Å². The Morgan fingerprint density at radius 2 is 1.57 bits per heavy atom. The van der Waals surface area contributed by atoms with E-state index in [9.17, 15) is 14.4 Å². The van der Waals surface area contributed by atoms with E-state index in [0.717, 1.165) is 25.3 Å². The van der Waals surface area contributed by atoms with Gasteiger partial charge in [0, 0.05) is 20.5 Å². The molecular formula is C20H41N3O3SSe. The number of nitrogens with one attached hydrogen (secondary N) is 1. The second-order valence-corrected chi connectivity index (χ2v) is 10.0. The number of carbonyl (C=O) groups is 3. The summed E-state index contributed by atoms with van der Waals surface area (Å²) >= 11 is 3.63. The first-order valence-electron chi connectivity index (χ1n) is 10.1. The first kappa shape index (κ1) is 29.6. The van der Waals surface area contributed by atoms with E-state index >= 15 is 0 Å². The molecule has 0 fully saturated rings. The minimum absolute atomic E-state index is 0.0420. The van der Waals surface area contributed by atoms with Crippen LogP contribution in [-0.4, -0.2) is 81.4 Å². The zero-order valence-electron chi connectivity index (χ0n) is 18.6. The summed E-state index contributed by atoms with van der Waals surface area (Å²) in [6, 6.07) is 0. The number of rotatable bonds is 14. The predicted octanol–water partition coefficient (Wildman–Crippen LogP) is 2.59. The van der Waals surface area contributed by atoms with E-state index < -0.39 is 0 Å². The van der Waals surface area contributed by atoms with Crippen molar-refractivity contribution in [2.24, 2.45) is 5.92 Å². The molecule has 0 atom stereocenters. The van der Waals surface area contributed by atoms with Crippen molar-refractivity contribution in [2.75, 3.05) is 41.3 Å². The Bertz CT molecular complexity index is 433. The fourth-order valence-corrected chi connectivity index (χ4v) is 3.08. The van der Waals surface area contributed by atoms with Crippen molar-refractivity contribution in [1.82, 2.24) is 15.1 Å². The molecular weight excluding hydrogens is 441 g/mol. The number of unbranched alkanes of at least 4 members (excludes halogenated alkanes) is 2. The van der Waals surface area contributed by atoms with Crippen molar-refractivity contribution >= 4 is 41.4 Å². The Morgan fingerprint density at radius 3 is 2.07 bits per heavy atom. The first-order valence-corrected chi connectivity index (χ1v) is 13.6. The van der Waals surface area contributed by atoms with Gasteiger partial charge in [0.25, 0.3) is 0 Å². The first-order chi connectivity index (χ1) is 13.1. The summed E-state index contributed by atoms with van der Waals surface area (Å²) in [4.78, 5) is 37.0. The van der Waals surface area contributed by atoms with Crippen LogP contribution >= 0.6 is 11.0 Å². The quantitative estimate of drug-likeness (QED) is 0.227. The third-order valence-electron chi connectivity index (χ3n) is 3.93. The monoisotopic (exact) mass is 483 g/mol. The summed E-state index contributed by atoms with van der Waals surface area (Å²) in [6.45, 7) is 6.12. The van der Waals surface area contributed by atoms with Crippen LogP contribution in [-0.2, 0) is 14.4 Å². The number of thiol groups is 1. The standard InChI is InChI=1S/C11H23NO.C9H18N2O2SSe/c1-10(2)8-6-5-7-9-11(13)12(3)4;1-11(2)7-3-6-10-8(12)4-5-9(13)15-14/h10H,5-9H2,1-4H3;14H,3-7H2,1-2H3,(H,10,12). The summed E-state index contributed by atoms with van der Waals surface area (Å²) in [5.41, 5.74) is 0. The SMILES string of the molecule is CC(C)CCCCCC(=O)N(C)C.CN(C)CCCNC(=O)CCC(=O)[Se]S. The summed E-state index contributed by atoms with van der Waals surface area (Å²) in [5, 5.41) is 2.78. The molecule has 0 aromatic carbocycles. The van der Waals surface area contributed by atoms with Gasteiger partial charge in [-0.05, 0) is 12.3 Å². The van der Waals surface area contributed by atoms with Gasteiger partial charge in [-0.2, -0.15) is 0 Å². The molecule has 0 unspecified atom stereocenters. The Labute approximate surface area is 183 Å². The van der Waals surface area contributed by atoms with Crippen molar-refractivity contribution in [1.29, 1.82) is 0 Å². The van der Waals surface area contributed by atoms with Crippen LogP contribution in [0.5, 0.6) is 0 Å². The molecule has 0 saturated carbocycles.